The van der Waals surface area contributed by atoms with Crippen LogP contribution < -0.4 is 10.2 Å². The number of halogens is 1. The number of hydrogen-bond acceptors (Lipinski definition) is 4. The van der Waals surface area contributed by atoms with Gasteiger partial charge in [0.15, 0.2) is 0 Å². The second kappa shape index (κ2) is 7.98. The minimum absolute atomic E-state index is 0.0952. The zero-order valence-electron chi connectivity index (χ0n) is 15.4. The topological polar surface area (TPSA) is 61.9 Å². The molecule has 6 nitrogen and oxygen atoms in total. The summed E-state index contributed by atoms with van der Waals surface area (Å²) in [6.45, 7) is 2.09. The molecule has 2 fully saturated rings. The van der Waals surface area contributed by atoms with Crippen molar-refractivity contribution in [2.45, 2.75) is 25.4 Å². The maximum Gasteiger partial charge on any atom is 0.414 e. The van der Waals surface area contributed by atoms with Crippen molar-refractivity contribution in [3.63, 3.8) is 0 Å². The minimum Gasteiger partial charge on any atom is -0.447 e. The zero-order chi connectivity index (χ0) is 19.5. The Balaban J connectivity index is 1.40. The molecule has 2 aliphatic rings. The second-order valence-corrected chi connectivity index (χ2v) is 7.02. The lowest BCUT2D eigenvalue weighted by molar-refractivity contribution is -0.120. The predicted molar refractivity (Wildman–Crippen MR) is 104 cm³/mol. The standard InChI is InChI=1S/C21H22FN3O3/c22-18-5-2-1-4-15(18)14-24-11-3-6-19(24)20(26)23-16-7-9-17(10-8-16)25-12-13-28-21(25)27/h1-2,4-5,7-10,19H,3,6,11-14H2,(H,23,26). The number of carbonyl (C=O) groups excluding carboxylic acids is 2. The maximum absolute atomic E-state index is 13.9. The highest BCUT2D eigenvalue weighted by Crippen LogP contribution is 2.24. The molecule has 2 saturated heterocycles. The Labute approximate surface area is 162 Å². The SMILES string of the molecule is O=C(Nc1ccc(N2CCOC2=O)cc1)C1CCCN1Cc1ccccc1F. The molecule has 0 radical (unpaired) electrons. The summed E-state index contributed by atoms with van der Waals surface area (Å²) in [6.07, 6.45) is 1.30. The van der Waals surface area contributed by atoms with Gasteiger partial charge in [-0.05, 0) is 49.7 Å². The van der Waals surface area contributed by atoms with Crippen molar-refractivity contribution in [2.75, 3.05) is 29.9 Å². The van der Waals surface area contributed by atoms with Crippen LogP contribution in [0.3, 0.4) is 0 Å². The van der Waals surface area contributed by atoms with Crippen molar-refractivity contribution in [2.24, 2.45) is 0 Å². The average molecular weight is 383 g/mol. The van der Waals surface area contributed by atoms with E-state index in [2.05, 4.69) is 5.32 Å². The van der Waals surface area contributed by atoms with Crippen molar-refractivity contribution in [3.05, 3.63) is 59.9 Å². The fraction of sp³-hybridized carbons (Fsp3) is 0.333. The molecular formula is C21H22FN3O3. The molecule has 4 rings (SSSR count). The summed E-state index contributed by atoms with van der Waals surface area (Å²) >= 11 is 0. The molecule has 0 saturated carbocycles. The molecule has 0 aliphatic carbocycles. The second-order valence-electron chi connectivity index (χ2n) is 7.02. The largest absolute Gasteiger partial charge is 0.447 e. The molecule has 1 unspecified atom stereocenters. The van der Waals surface area contributed by atoms with Gasteiger partial charge in [0.25, 0.3) is 0 Å². The van der Waals surface area contributed by atoms with Gasteiger partial charge in [0, 0.05) is 23.5 Å². The van der Waals surface area contributed by atoms with Crippen LogP contribution in [0, 0.1) is 5.82 Å². The van der Waals surface area contributed by atoms with Crippen LogP contribution in [0.2, 0.25) is 0 Å². The van der Waals surface area contributed by atoms with Gasteiger partial charge in [-0.15, -0.1) is 0 Å². The molecular weight excluding hydrogens is 361 g/mol. The van der Waals surface area contributed by atoms with E-state index < -0.39 is 0 Å². The number of amides is 2. The van der Waals surface area contributed by atoms with Gasteiger partial charge in [0.05, 0.1) is 12.6 Å². The Kier molecular flexibility index (Phi) is 5.25. The molecule has 2 aliphatic heterocycles. The van der Waals surface area contributed by atoms with Gasteiger partial charge in [-0.3, -0.25) is 14.6 Å². The van der Waals surface area contributed by atoms with Gasteiger partial charge >= 0.3 is 6.09 Å². The first-order chi connectivity index (χ1) is 13.6. The number of hydrogen-bond donors (Lipinski definition) is 1. The monoisotopic (exact) mass is 383 g/mol. The Bertz CT molecular complexity index is 871. The highest BCUT2D eigenvalue weighted by molar-refractivity contribution is 5.95. The molecule has 2 amide bonds. The van der Waals surface area contributed by atoms with E-state index in [4.69, 9.17) is 4.74 Å². The number of likely N-dealkylation sites (tertiary alicyclic amines) is 1. The first-order valence-electron chi connectivity index (χ1n) is 9.44. The van der Waals surface area contributed by atoms with Crippen LogP contribution in [0.25, 0.3) is 0 Å². The van der Waals surface area contributed by atoms with E-state index in [9.17, 15) is 14.0 Å². The van der Waals surface area contributed by atoms with Crippen LogP contribution in [0.15, 0.2) is 48.5 Å². The number of ether oxygens (including phenoxy) is 1. The van der Waals surface area contributed by atoms with Gasteiger partial charge in [0.1, 0.15) is 12.4 Å². The Morgan fingerprint density at radius 3 is 2.64 bits per heavy atom. The summed E-state index contributed by atoms with van der Waals surface area (Å²) in [7, 11) is 0. The van der Waals surface area contributed by atoms with Crippen LogP contribution in [0.1, 0.15) is 18.4 Å². The van der Waals surface area contributed by atoms with E-state index >= 15 is 0 Å². The van der Waals surface area contributed by atoms with Gasteiger partial charge < -0.3 is 10.1 Å². The molecule has 0 aromatic heterocycles. The Morgan fingerprint density at radius 1 is 1.14 bits per heavy atom. The summed E-state index contributed by atoms with van der Waals surface area (Å²) in [5.74, 6) is -0.341. The molecule has 2 aromatic rings. The van der Waals surface area contributed by atoms with E-state index in [0.29, 0.717) is 30.9 Å². The molecule has 2 aromatic carbocycles. The number of nitrogens with one attached hydrogen (secondary N) is 1. The van der Waals surface area contributed by atoms with Crippen molar-refractivity contribution < 1.29 is 18.7 Å². The van der Waals surface area contributed by atoms with E-state index in [1.165, 1.54) is 6.07 Å². The van der Waals surface area contributed by atoms with Gasteiger partial charge in [-0.1, -0.05) is 18.2 Å². The molecule has 0 spiro atoms. The molecule has 1 N–H and O–H groups in total. The van der Waals surface area contributed by atoms with Crippen LogP contribution in [0.5, 0.6) is 0 Å². The maximum atomic E-state index is 13.9. The first-order valence-corrected chi connectivity index (χ1v) is 9.44. The van der Waals surface area contributed by atoms with Gasteiger partial charge in [-0.25, -0.2) is 9.18 Å². The fourth-order valence-corrected chi connectivity index (χ4v) is 3.74. The lowest BCUT2D eigenvalue weighted by atomic mass is 10.1. The van der Waals surface area contributed by atoms with Crippen LogP contribution >= 0.6 is 0 Å². The smallest absolute Gasteiger partial charge is 0.414 e. The van der Waals surface area contributed by atoms with Gasteiger partial charge in [-0.2, -0.15) is 0 Å². The number of anilines is 2. The van der Waals surface area contributed by atoms with E-state index in [-0.39, 0.29) is 23.9 Å². The molecule has 1 atom stereocenters. The number of benzene rings is 2. The number of cyclic esters (lactones) is 1. The summed E-state index contributed by atoms with van der Waals surface area (Å²) in [6, 6.07) is 13.5. The summed E-state index contributed by atoms with van der Waals surface area (Å²) in [4.78, 5) is 28.0. The molecule has 28 heavy (non-hydrogen) atoms. The third-order valence-electron chi connectivity index (χ3n) is 5.20. The minimum atomic E-state index is -0.355. The van der Waals surface area contributed by atoms with E-state index in [1.54, 1.807) is 47.4 Å². The van der Waals surface area contributed by atoms with E-state index in [0.717, 1.165) is 25.1 Å². The Morgan fingerprint density at radius 2 is 1.93 bits per heavy atom. The summed E-state index contributed by atoms with van der Waals surface area (Å²) in [5.41, 5.74) is 2.01. The summed E-state index contributed by atoms with van der Waals surface area (Å²) in [5, 5.41) is 2.93. The van der Waals surface area contributed by atoms with E-state index in [1.807, 2.05) is 4.90 Å². The molecule has 7 heteroatoms. The molecule has 146 valence electrons. The third-order valence-corrected chi connectivity index (χ3v) is 5.20. The quantitative estimate of drug-likeness (QED) is 0.860. The lowest BCUT2D eigenvalue weighted by Crippen LogP contribution is -2.39. The zero-order valence-corrected chi connectivity index (χ0v) is 15.4. The fourth-order valence-electron chi connectivity index (χ4n) is 3.74. The Hall–Kier alpha value is -2.93. The highest BCUT2D eigenvalue weighted by Gasteiger charge is 2.31. The van der Waals surface area contributed by atoms with Crippen LogP contribution in [0.4, 0.5) is 20.6 Å². The van der Waals surface area contributed by atoms with Crippen molar-refractivity contribution >= 4 is 23.4 Å². The lowest BCUT2D eigenvalue weighted by Gasteiger charge is -2.24. The average Bonchev–Trinajstić information content (AvgIpc) is 3.33. The molecule has 2 heterocycles. The number of nitrogens with zero attached hydrogens (tertiary/aromatic N) is 2. The van der Waals surface area contributed by atoms with Crippen molar-refractivity contribution in [3.8, 4) is 0 Å². The third kappa shape index (κ3) is 3.84. The highest BCUT2D eigenvalue weighted by atomic mass is 19.1. The van der Waals surface area contributed by atoms with Crippen molar-refractivity contribution in [1.29, 1.82) is 0 Å². The summed E-state index contributed by atoms with van der Waals surface area (Å²) < 4.78 is 18.9. The first kappa shape index (κ1) is 18.4. The van der Waals surface area contributed by atoms with Gasteiger partial charge in [0.2, 0.25) is 5.91 Å². The normalized spacial score (nSPS) is 19.7. The number of carbonyl (C=O) groups is 2. The van der Waals surface area contributed by atoms with Crippen LogP contribution in [-0.2, 0) is 16.1 Å². The number of rotatable bonds is 5. The van der Waals surface area contributed by atoms with Crippen LogP contribution in [-0.4, -0.2) is 42.6 Å². The van der Waals surface area contributed by atoms with Crippen molar-refractivity contribution in [1.82, 2.24) is 4.90 Å². The predicted octanol–water partition coefficient (Wildman–Crippen LogP) is 3.39. The molecule has 0 bridgehead atoms.